The third-order valence-electron chi connectivity index (χ3n) is 6.09. The van der Waals surface area contributed by atoms with E-state index in [9.17, 15) is 4.79 Å². The van der Waals surface area contributed by atoms with Crippen LogP contribution in [0.5, 0.6) is 0 Å². The second-order valence-electron chi connectivity index (χ2n) is 9.17. The van der Waals surface area contributed by atoms with Gasteiger partial charge in [0.1, 0.15) is 0 Å². The Balaban J connectivity index is 5.94. The third-order valence-corrected chi connectivity index (χ3v) is 25.6. The zero-order valence-corrected chi connectivity index (χ0v) is 22.3. The molecule has 0 aliphatic rings. The standard InChI is InChI=1S/C10H19OSi.3C4H9.Sn/c1-6-9(8-11)10(7-2)12(3,4)5;3*1-3-4-2;/h8-10H,2,6H2,1,3-5H3;3*1,3-4H2,2H3;. The van der Waals surface area contributed by atoms with Crippen LogP contribution >= 0.6 is 0 Å². The summed E-state index contributed by atoms with van der Waals surface area (Å²) >= 11 is -2.47. The fourth-order valence-corrected chi connectivity index (χ4v) is 29.2. The molecular formula is C22H46OSiSn. The van der Waals surface area contributed by atoms with E-state index in [0.29, 0.717) is 5.54 Å². The van der Waals surface area contributed by atoms with Gasteiger partial charge in [-0.05, 0) is 0 Å². The first-order valence-electron chi connectivity index (χ1n) is 10.9. The SMILES string of the molecule is C=[C](C(C(C=O)CC)[Si](C)(C)C)[Sn]([CH2]CCC)([CH2]CCC)[CH2]CCC. The van der Waals surface area contributed by atoms with Gasteiger partial charge in [-0.25, -0.2) is 0 Å². The minimum atomic E-state index is -2.47. The number of allylic oxidation sites excluding steroid dienone is 1. The van der Waals surface area contributed by atoms with Gasteiger partial charge in [0, 0.05) is 0 Å². The van der Waals surface area contributed by atoms with Crippen LogP contribution in [-0.4, -0.2) is 32.7 Å². The molecule has 0 rings (SSSR count). The molecule has 0 aromatic carbocycles. The van der Waals surface area contributed by atoms with Crippen molar-refractivity contribution in [1.29, 1.82) is 0 Å². The van der Waals surface area contributed by atoms with Gasteiger partial charge in [-0.15, -0.1) is 0 Å². The van der Waals surface area contributed by atoms with E-state index in [1.165, 1.54) is 58.1 Å². The molecule has 0 aromatic heterocycles. The molecule has 0 bridgehead atoms. The molecule has 148 valence electrons. The first kappa shape index (κ1) is 25.4. The van der Waals surface area contributed by atoms with Gasteiger partial charge < -0.3 is 0 Å². The average Bonchev–Trinajstić information content (AvgIpc) is 2.57. The van der Waals surface area contributed by atoms with E-state index >= 15 is 0 Å². The normalized spacial score (nSPS) is 15.0. The molecule has 0 saturated carbocycles. The van der Waals surface area contributed by atoms with Gasteiger partial charge in [0.2, 0.25) is 0 Å². The number of carbonyl (C=O) groups excluding carboxylic acids is 1. The van der Waals surface area contributed by atoms with Gasteiger partial charge in [-0.1, -0.05) is 0 Å². The molecule has 3 heteroatoms. The predicted molar refractivity (Wildman–Crippen MR) is 121 cm³/mol. The van der Waals surface area contributed by atoms with E-state index < -0.39 is 26.5 Å². The summed E-state index contributed by atoms with van der Waals surface area (Å²) in [7, 11) is -1.46. The van der Waals surface area contributed by atoms with Crippen molar-refractivity contribution in [3.63, 3.8) is 0 Å². The molecule has 0 spiro atoms. The van der Waals surface area contributed by atoms with Gasteiger partial charge >= 0.3 is 165 Å². The zero-order chi connectivity index (χ0) is 19.5. The van der Waals surface area contributed by atoms with Crippen molar-refractivity contribution in [2.24, 2.45) is 5.92 Å². The van der Waals surface area contributed by atoms with Crippen LogP contribution in [0.25, 0.3) is 0 Å². The summed E-state index contributed by atoms with van der Waals surface area (Å²) in [6, 6.07) is 0. The monoisotopic (exact) mass is 474 g/mol. The van der Waals surface area contributed by atoms with Crippen LogP contribution in [0.4, 0.5) is 0 Å². The van der Waals surface area contributed by atoms with Crippen molar-refractivity contribution >= 4 is 32.7 Å². The van der Waals surface area contributed by atoms with Crippen LogP contribution in [0.2, 0.25) is 38.5 Å². The Morgan fingerprint density at radius 1 is 0.920 bits per heavy atom. The van der Waals surface area contributed by atoms with Gasteiger partial charge in [0.15, 0.2) is 0 Å². The summed E-state index contributed by atoms with van der Waals surface area (Å²) in [4.78, 5) is 11.9. The molecule has 0 aliphatic heterocycles. The Morgan fingerprint density at radius 3 is 1.56 bits per heavy atom. The van der Waals surface area contributed by atoms with E-state index in [2.05, 4.69) is 47.3 Å². The van der Waals surface area contributed by atoms with Crippen molar-refractivity contribution in [3.05, 3.63) is 10.2 Å². The van der Waals surface area contributed by atoms with Crippen LogP contribution in [0.15, 0.2) is 10.2 Å². The summed E-state index contributed by atoms with van der Waals surface area (Å²) in [5.41, 5.74) is 0.511. The van der Waals surface area contributed by atoms with Crippen LogP contribution in [0.1, 0.15) is 72.6 Å². The van der Waals surface area contributed by atoms with E-state index in [-0.39, 0.29) is 5.92 Å². The second kappa shape index (κ2) is 12.7. The third kappa shape index (κ3) is 7.90. The van der Waals surface area contributed by atoms with Crippen LogP contribution in [-0.2, 0) is 4.79 Å². The van der Waals surface area contributed by atoms with Crippen LogP contribution in [0, 0.1) is 5.92 Å². The Bertz CT molecular complexity index is 364. The molecule has 0 fully saturated rings. The maximum absolute atomic E-state index is 11.9. The first-order valence-corrected chi connectivity index (χ1v) is 21.9. The number of rotatable bonds is 15. The number of unbranched alkanes of at least 4 members (excludes halogenated alkanes) is 3. The molecule has 2 atom stereocenters. The number of aldehydes is 1. The summed E-state index contributed by atoms with van der Waals surface area (Å²) < 4.78 is 6.07. The average molecular weight is 473 g/mol. The Kier molecular flexibility index (Phi) is 13.0. The van der Waals surface area contributed by atoms with Crippen molar-refractivity contribution in [2.75, 3.05) is 0 Å². The summed E-state index contributed by atoms with van der Waals surface area (Å²) in [6.45, 7) is 21.4. The maximum atomic E-state index is 11.9. The Hall–Kier alpha value is 0.426. The molecule has 0 N–H and O–H groups in total. The fraction of sp³-hybridized carbons (Fsp3) is 0.864. The van der Waals surface area contributed by atoms with Gasteiger partial charge in [0.05, 0.1) is 0 Å². The van der Waals surface area contributed by atoms with Crippen LogP contribution in [0.3, 0.4) is 0 Å². The van der Waals surface area contributed by atoms with E-state index in [1.807, 2.05) is 0 Å². The minimum absolute atomic E-state index is 0.208. The Labute approximate surface area is 164 Å². The molecule has 2 unspecified atom stereocenters. The summed E-state index contributed by atoms with van der Waals surface area (Å²) in [6.07, 6.45) is 10.3. The Morgan fingerprint density at radius 2 is 1.32 bits per heavy atom. The molecule has 0 amide bonds. The van der Waals surface area contributed by atoms with Crippen molar-refractivity contribution in [1.82, 2.24) is 0 Å². The van der Waals surface area contributed by atoms with Gasteiger partial charge in [-0.2, -0.15) is 0 Å². The van der Waals surface area contributed by atoms with Gasteiger partial charge in [-0.3, -0.25) is 0 Å². The number of hydrogen-bond acceptors (Lipinski definition) is 1. The molecule has 0 radical (unpaired) electrons. The topological polar surface area (TPSA) is 17.1 Å². The molecular weight excluding hydrogens is 427 g/mol. The van der Waals surface area contributed by atoms with Crippen molar-refractivity contribution < 1.29 is 4.79 Å². The van der Waals surface area contributed by atoms with E-state index in [0.717, 1.165) is 6.42 Å². The quantitative estimate of drug-likeness (QED) is 0.175. The van der Waals surface area contributed by atoms with E-state index in [4.69, 9.17) is 6.58 Å². The molecule has 25 heavy (non-hydrogen) atoms. The van der Waals surface area contributed by atoms with E-state index in [1.54, 1.807) is 3.59 Å². The predicted octanol–water partition coefficient (Wildman–Crippen LogP) is 7.86. The molecule has 0 heterocycles. The second-order valence-corrected chi connectivity index (χ2v) is 27.9. The van der Waals surface area contributed by atoms with Crippen molar-refractivity contribution in [3.8, 4) is 0 Å². The number of hydrogen-bond donors (Lipinski definition) is 0. The molecule has 0 saturated heterocycles. The molecule has 0 aromatic rings. The van der Waals surface area contributed by atoms with Crippen LogP contribution < -0.4 is 0 Å². The van der Waals surface area contributed by atoms with Crippen molar-refractivity contribution in [2.45, 2.75) is 111 Å². The number of carbonyl (C=O) groups is 1. The fourth-order valence-electron chi connectivity index (χ4n) is 4.57. The summed E-state index contributed by atoms with van der Waals surface area (Å²) in [5.74, 6) is 0.208. The first-order chi connectivity index (χ1) is 11.7. The molecule has 1 nitrogen and oxygen atoms in total. The van der Waals surface area contributed by atoms with Gasteiger partial charge in [0.25, 0.3) is 0 Å². The molecule has 0 aliphatic carbocycles. The summed E-state index contributed by atoms with van der Waals surface area (Å²) in [5, 5.41) is 0. The zero-order valence-electron chi connectivity index (χ0n) is 18.4.